The van der Waals surface area contributed by atoms with Crippen LogP contribution in [-0.4, -0.2) is 28.0 Å². The summed E-state index contributed by atoms with van der Waals surface area (Å²) in [6, 6.07) is 1.63. The van der Waals surface area contributed by atoms with Gasteiger partial charge in [-0.2, -0.15) is 0 Å². The molecule has 0 saturated heterocycles. The van der Waals surface area contributed by atoms with Crippen LogP contribution in [-0.2, 0) is 16.0 Å². The minimum absolute atomic E-state index is 0.0130. The molecule has 1 atom stereocenters. The molecule has 1 amide bonds. The first kappa shape index (κ1) is 16.1. The Labute approximate surface area is 128 Å². The Kier molecular flexibility index (Phi) is 6.44. The number of hydrogen-bond donors (Lipinski definition) is 2. The van der Waals surface area contributed by atoms with Crippen molar-refractivity contribution in [2.75, 3.05) is 0 Å². The Balaban J connectivity index is 2.74. The first-order valence-corrected chi connectivity index (χ1v) is 7.26. The molecule has 104 valence electrons. The lowest BCUT2D eigenvalue weighted by Gasteiger charge is -2.17. The van der Waals surface area contributed by atoms with Gasteiger partial charge in [0.2, 0.25) is 5.91 Å². The molecule has 0 aliphatic heterocycles. The number of carbonyl (C=O) groups is 2. The molecule has 0 spiro atoms. The van der Waals surface area contributed by atoms with Crippen LogP contribution in [0, 0.1) is 0 Å². The summed E-state index contributed by atoms with van der Waals surface area (Å²) in [6.45, 7) is 1.41. The Bertz CT molecular complexity index is 480. The molecule has 0 aromatic carbocycles. The number of carboxylic acid groups (broad SMARTS) is 1. The maximum Gasteiger partial charge on any atom is 0.303 e. The molecule has 7 heteroatoms. The molecular formula is C12H14Br2N2O3. The fourth-order valence-corrected chi connectivity index (χ4v) is 2.79. The highest BCUT2D eigenvalue weighted by molar-refractivity contribution is 9.11. The standard InChI is InChI=1S/C12H14Br2N2O3/c1-7(17)16-9(2-3-12(18)19)5-11-10(14)4-8(13)6-15-11/h4,6,9H,2-3,5H2,1H3,(H,16,17)(H,18,19). The maximum absolute atomic E-state index is 11.1. The van der Waals surface area contributed by atoms with Crippen LogP contribution in [0.1, 0.15) is 25.5 Å². The molecule has 0 bridgehead atoms. The van der Waals surface area contributed by atoms with Gasteiger partial charge in [0, 0.05) is 40.9 Å². The maximum atomic E-state index is 11.1. The number of halogens is 2. The van der Waals surface area contributed by atoms with Gasteiger partial charge in [0.1, 0.15) is 0 Å². The summed E-state index contributed by atoms with van der Waals surface area (Å²) in [5, 5.41) is 11.5. The zero-order chi connectivity index (χ0) is 14.4. The second-order valence-corrected chi connectivity index (χ2v) is 5.89. The normalized spacial score (nSPS) is 11.9. The number of pyridine rings is 1. The van der Waals surface area contributed by atoms with Crippen molar-refractivity contribution in [2.45, 2.75) is 32.2 Å². The second kappa shape index (κ2) is 7.59. The van der Waals surface area contributed by atoms with Gasteiger partial charge in [-0.3, -0.25) is 14.6 Å². The van der Waals surface area contributed by atoms with Crippen LogP contribution in [0.2, 0.25) is 0 Å². The number of carboxylic acids is 1. The first-order valence-electron chi connectivity index (χ1n) is 5.67. The number of nitrogens with zero attached hydrogens (tertiary/aromatic N) is 1. The van der Waals surface area contributed by atoms with E-state index in [-0.39, 0.29) is 18.4 Å². The Hall–Kier alpha value is -0.950. The van der Waals surface area contributed by atoms with E-state index in [1.807, 2.05) is 6.07 Å². The van der Waals surface area contributed by atoms with E-state index in [2.05, 4.69) is 42.2 Å². The van der Waals surface area contributed by atoms with E-state index in [1.165, 1.54) is 6.92 Å². The zero-order valence-corrected chi connectivity index (χ0v) is 13.5. The lowest BCUT2D eigenvalue weighted by atomic mass is 10.1. The van der Waals surface area contributed by atoms with Gasteiger partial charge in [0.15, 0.2) is 0 Å². The van der Waals surface area contributed by atoms with E-state index in [0.29, 0.717) is 12.8 Å². The molecule has 1 unspecified atom stereocenters. The highest BCUT2D eigenvalue weighted by Gasteiger charge is 2.15. The number of hydrogen-bond acceptors (Lipinski definition) is 3. The van der Waals surface area contributed by atoms with Gasteiger partial charge in [-0.05, 0) is 44.3 Å². The Morgan fingerprint density at radius 3 is 2.68 bits per heavy atom. The average Bonchev–Trinajstić information content (AvgIpc) is 2.28. The fourth-order valence-electron chi connectivity index (χ4n) is 1.64. The van der Waals surface area contributed by atoms with Crippen molar-refractivity contribution >= 4 is 43.7 Å². The monoisotopic (exact) mass is 392 g/mol. The lowest BCUT2D eigenvalue weighted by molar-refractivity contribution is -0.137. The average molecular weight is 394 g/mol. The molecule has 1 rings (SSSR count). The van der Waals surface area contributed by atoms with Crippen molar-refractivity contribution in [3.63, 3.8) is 0 Å². The molecule has 2 N–H and O–H groups in total. The van der Waals surface area contributed by atoms with Crippen LogP contribution < -0.4 is 5.32 Å². The van der Waals surface area contributed by atoms with Gasteiger partial charge < -0.3 is 10.4 Å². The third-order valence-corrected chi connectivity index (χ3v) is 3.56. The Morgan fingerprint density at radius 1 is 1.47 bits per heavy atom. The summed E-state index contributed by atoms with van der Waals surface area (Å²) in [6.07, 6.45) is 2.54. The quantitative estimate of drug-likeness (QED) is 0.778. The van der Waals surface area contributed by atoms with Gasteiger partial charge in [0.05, 0.1) is 5.69 Å². The fraction of sp³-hybridized carbons (Fsp3) is 0.417. The molecule has 0 aliphatic carbocycles. The molecule has 0 fully saturated rings. The Morgan fingerprint density at radius 2 is 2.16 bits per heavy atom. The number of aromatic nitrogens is 1. The van der Waals surface area contributed by atoms with Crippen molar-refractivity contribution in [2.24, 2.45) is 0 Å². The molecule has 0 saturated carbocycles. The molecule has 5 nitrogen and oxygen atoms in total. The van der Waals surface area contributed by atoms with Gasteiger partial charge in [0.25, 0.3) is 0 Å². The van der Waals surface area contributed by atoms with E-state index in [0.717, 1.165) is 14.6 Å². The zero-order valence-electron chi connectivity index (χ0n) is 10.3. The molecular weight excluding hydrogens is 380 g/mol. The van der Waals surface area contributed by atoms with Crippen molar-refractivity contribution < 1.29 is 14.7 Å². The van der Waals surface area contributed by atoms with Crippen LogP contribution >= 0.6 is 31.9 Å². The molecule has 0 radical (unpaired) electrons. The van der Waals surface area contributed by atoms with Gasteiger partial charge in [-0.15, -0.1) is 0 Å². The number of nitrogens with one attached hydrogen (secondary N) is 1. The van der Waals surface area contributed by atoms with E-state index in [4.69, 9.17) is 5.11 Å². The summed E-state index contributed by atoms with van der Waals surface area (Å²) in [5.41, 5.74) is 0.785. The number of aliphatic carboxylic acids is 1. The minimum Gasteiger partial charge on any atom is -0.481 e. The summed E-state index contributed by atoms with van der Waals surface area (Å²) in [7, 11) is 0. The largest absolute Gasteiger partial charge is 0.481 e. The third kappa shape index (κ3) is 6.15. The van der Waals surface area contributed by atoms with Crippen LogP contribution in [0.5, 0.6) is 0 Å². The molecule has 0 aliphatic rings. The second-order valence-electron chi connectivity index (χ2n) is 4.12. The molecule has 1 aromatic heterocycles. The van der Waals surface area contributed by atoms with E-state index in [9.17, 15) is 9.59 Å². The topological polar surface area (TPSA) is 79.3 Å². The minimum atomic E-state index is -0.877. The highest BCUT2D eigenvalue weighted by atomic mass is 79.9. The van der Waals surface area contributed by atoms with Crippen molar-refractivity contribution in [3.05, 3.63) is 26.9 Å². The molecule has 19 heavy (non-hydrogen) atoms. The SMILES string of the molecule is CC(=O)NC(CCC(=O)O)Cc1ncc(Br)cc1Br. The first-order chi connectivity index (χ1) is 8.88. The van der Waals surface area contributed by atoms with Crippen LogP contribution in [0.3, 0.4) is 0 Å². The van der Waals surface area contributed by atoms with Gasteiger partial charge in [-0.1, -0.05) is 0 Å². The summed E-state index contributed by atoms with van der Waals surface area (Å²) >= 11 is 6.71. The van der Waals surface area contributed by atoms with Crippen LogP contribution in [0.25, 0.3) is 0 Å². The molecule has 1 heterocycles. The van der Waals surface area contributed by atoms with Crippen LogP contribution in [0.15, 0.2) is 21.2 Å². The van der Waals surface area contributed by atoms with Crippen molar-refractivity contribution in [1.29, 1.82) is 0 Å². The smallest absolute Gasteiger partial charge is 0.303 e. The van der Waals surface area contributed by atoms with E-state index in [1.54, 1.807) is 6.20 Å². The summed E-state index contributed by atoms with van der Waals surface area (Å²) in [5.74, 6) is -1.05. The number of carbonyl (C=O) groups excluding carboxylic acids is 1. The van der Waals surface area contributed by atoms with Crippen LogP contribution in [0.4, 0.5) is 0 Å². The van der Waals surface area contributed by atoms with E-state index >= 15 is 0 Å². The summed E-state index contributed by atoms with van der Waals surface area (Å²) < 4.78 is 1.68. The number of rotatable bonds is 6. The lowest BCUT2D eigenvalue weighted by Crippen LogP contribution is -2.35. The highest BCUT2D eigenvalue weighted by Crippen LogP contribution is 2.21. The predicted molar refractivity (Wildman–Crippen MR) is 77.8 cm³/mol. The predicted octanol–water partition coefficient (Wildman–Crippen LogP) is 2.52. The molecule has 1 aromatic rings. The van der Waals surface area contributed by atoms with Crippen molar-refractivity contribution in [1.82, 2.24) is 10.3 Å². The van der Waals surface area contributed by atoms with Gasteiger partial charge in [-0.25, -0.2) is 0 Å². The van der Waals surface area contributed by atoms with Crippen molar-refractivity contribution in [3.8, 4) is 0 Å². The number of amides is 1. The summed E-state index contributed by atoms with van der Waals surface area (Å²) in [4.78, 5) is 26.0. The van der Waals surface area contributed by atoms with Gasteiger partial charge >= 0.3 is 5.97 Å². The third-order valence-electron chi connectivity index (χ3n) is 2.44. The van der Waals surface area contributed by atoms with E-state index < -0.39 is 5.97 Å².